The number of rotatable bonds is 6. The molecule has 10 nitrogen and oxygen atoms in total. The highest BCUT2D eigenvalue weighted by Crippen LogP contribution is 2.31. The molecule has 1 aliphatic heterocycles. The Morgan fingerprint density at radius 2 is 2.19 bits per heavy atom. The maximum atomic E-state index is 8.44. The van der Waals surface area contributed by atoms with E-state index in [1.807, 2.05) is 21.5 Å². The molecule has 2 aromatic heterocycles. The normalized spacial score (nSPS) is 17.2. The number of benzene rings is 1. The summed E-state index contributed by atoms with van der Waals surface area (Å²) < 4.78 is 9.70. The van der Waals surface area contributed by atoms with Crippen molar-refractivity contribution in [3.8, 4) is 5.69 Å². The van der Waals surface area contributed by atoms with Gasteiger partial charge in [0.05, 0.1) is 17.4 Å². The van der Waals surface area contributed by atoms with Crippen molar-refractivity contribution in [2.75, 3.05) is 25.0 Å². The summed E-state index contributed by atoms with van der Waals surface area (Å²) in [6, 6.07) is 4.07. The van der Waals surface area contributed by atoms with Crippen LogP contribution in [-0.2, 0) is 4.74 Å². The summed E-state index contributed by atoms with van der Waals surface area (Å²) in [4.78, 5) is 2.78. The van der Waals surface area contributed by atoms with Crippen molar-refractivity contribution >= 4 is 16.6 Å². The molecule has 1 fully saturated rings. The summed E-state index contributed by atoms with van der Waals surface area (Å²) in [7, 11) is 0. The quantitative estimate of drug-likeness (QED) is 0.316. The molecule has 1 aromatic carbocycles. The Morgan fingerprint density at radius 3 is 2.96 bits per heavy atom. The number of nitrogens with one attached hydrogen (secondary N) is 1. The first-order chi connectivity index (χ1) is 12.9. The van der Waals surface area contributed by atoms with Crippen LogP contribution in [0.15, 0.2) is 36.1 Å². The van der Waals surface area contributed by atoms with Crippen LogP contribution in [0.5, 0.6) is 0 Å². The first kappa shape index (κ1) is 16.4. The Morgan fingerprint density at radius 1 is 1.31 bits per heavy atom. The van der Waals surface area contributed by atoms with Gasteiger partial charge in [-0.3, -0.25) is 4.57 Å². The zero-order valence-corrected chi connectivity index (χ0v) is 14.2. The zero-order valence-electron chi connectivity index (χ0n) is 14.2. The highest BCUT2D eigenvalue weighted by Gasteiger charge is 2.20. The average Bonchev–Trinajstić information content (AvgIpc) is 3.35. The lowest BCUT2D eigenvalue weighted by Gasteiger charge is -2.23. The summed E-state index contributed by atoms with van der Waals surface area (Å²) in [5.74, 6) is 0. The minimum atomic E-state index is -0.0477. The van der Waals surface area contributed by atoms with Crippen molar-refractivity contribution in [2.24, 2.45) is 5.11 Å². The van der Waals surface area contributed by atoms with Gasteiger partial charge in [-0.2, -0.15) is 5.10 Å². The van der Waals surface area contributed by atoms with Gasteiger partial charge in [0.15, 0.2) is 6.23 Å². The molecule has 0 amide bonds. The van der Waals surface area contributed by atoms with Gasteiger partial charge in [0, 0.05) is 35.7 Å². The van der Waals surface area contributed by atoms with Crippen LogP contribution in [0.3, 0.4) is 0 Å². The summed E-state index contributed by atoms with van der Waals surface area (Å²) in [6.45, 7) is 1.67. The molecule has 0 bridgehead atoms. The van der Waals surface area contributed by atoms with Crippen molar-refractivity contribution in [3.63, 3.8) is 0 Å². The Hall–Kier alpha value is -3.10. The molecule has 26 heavy (non-hydrogen) atoms. The second-order valence-corrected chi connectivity index (χ2v) is 6.09. The third-order valence-corrected chi connectivity index (χ3v) is 4.44. The van der Waals surface area contributed by atoms with E-state index >= 15 is 0 Å². The molecule has 1 aliphatic rings. The molecule has 0 saturated carbocycles. The monoisotopic (exact) mass is 353 g/mol. The predicted molar refractivity (Wildman–Crippen MR) is 96.0 cm³/mol. The largest absolute Gasteiger partial charge is 0.384 e. The van der Waals surface area contributed by atoms with E-state index in [2.05, 4.69) is 36.7 Å². The first-order valence-corrected chi connectivity index (χ1v) is 8.59. The Kier molecular flexibility index (Phi) is 4.67. The Labute approximate surface area is 149 Å². The van der Waals surface area contributed by atoms with Crippen LogP contribution in [0, 0.1) is 0 Å². The number of azide groups is 1. The number of fused-ring (bicyclic) bond motifs is 1. The molecule has 1 unspecified atom stereocenters. The molecule has 134 valence electrons. The molecule has 1 saturated heterocycles. The smallest absolute Gasteiger partial charge is 0.150 e. The van der Waals surface area contributed by atoms with Gasteiger partial charge in [-0.15, -0.1) is 10.2 Å². The highest BCUT2D eigenvalue weighted by molar-refractivity contribution is 5.93. The second kappa shape index (κ2) is 7.42. The summed E-state index contributed by atoms with van der Waals surface area (Å²) in [6.07, 6.45) is 8.29. The Balaban J connectivity index is 1.75. The number of nitrogens with zero attached hydrogens (tertiary/aromatic N) is 8. The van der Waals surface area contributed by atoms with Crippen LogP contribution in [-0.4, -0.2) is 44.2 Å². The van der Waals surface area contributed by atoms with E-state index in [1.165, 1.54) is 0 Å². The van der Waals surface area contributed by atoms with Gasteiger partial charge in [-0.05, 0) is 36.9 Å². The van der Waals surface area contributed by atoms with Gasteiger partial charge >= 0.3 is 0 Å². The van der Waals surface area contributed by atoms with Crippen molar-refractivity contribution in [1.29, 1.82) is 0 Å². The van der Waals surface area contributed by atoms with Crippen LogP contribution < -0.4 is 5.32 Å². The van der Waals surface area contributed by atoms with E-state index < -0.39 is 0 Å². The minimum Gasteiger partial charge on any atom is -0.384 e. The fourth-order valence-corrected chi connectivity index (χ4v) is 3.19. The topological polar surface area (TPSA) is 119 Å². The molecule has 1 atom stereocenters. The van der Waals surface area contributed by atoms with E-state index in [0.29, 0.717) is 13.1 Å². The number of hydrogen-bond donors (Lipinski definition) is 1. The van der Waals surface area contributed by atoms with Crippen molar-refractivity contribution in [3.05, 3.63) is 41.4 Å². The van der Waals surface area contributed by atoms with Crippen molar-refractivity contribution in [2.45, 2.75) is 25.5 Å². The van der Waals surface area contributed by atoms with Gasteiger partial charge in [-0.1, -0.05) is 5.11 Å². The van der Waals surface area contributed by atoms with Gasteiger partial charge in [0.25, 0.3) is 0 Å². The maximum absolute atomic E-state index is 8.44. The summed E-state index contributed by atoms with van der Waals surface area (Å²) in [5.41, 5.74) is 11.3. The molecule has 0 spiro atoms. The first-order valence-electron chi connectivity index (χ1n) is 8.59. The molecule has 4 rings (SSSR count). The number of anilines is 1. The highest BCUT2D eigenvalue weighted by atomic mass is 16.5. The van der Waals surface area contributed by atoms with E-state index in [-0.39, 0.29) is 6.23 Å². The van der Waals surface area contributed by atoms with E-state index in [4.69, 9.17) is 10.3 Å². The predicted octanol–water partition coefficient (Wildman–Crippen LogP) is 3.04. The van der Waals surface area contributed by atoms with E-state index in [9.17, 15) is 0 Å². The summed E-state index contributed by atoms with van der Waals surface area (Å²) >= 11 is 0. The summed E-state index contributed by atoms with van der Waals surface area (Å²) in [5, 5.41) is 20.2. The van der Waals surface area contributed by atoms with Gasteiger partial charge in [-0.25, -0.2) is 4.68 Å². The molecule has 10 heteroatoms. The van der Waals surface area contributed by atoms with Crippen LogP contribution in [0.4, 0.5) is 5.69 Å². The molecule has 1 N–H and O–H groups in total. The fraction of sp³-hybridized carbons (Fsp3) is 0.438. The van der Waals surface area contributed by atoms with Crippen LogP contribution in [0.1, 0.15) is 25.5 Å². The van der Waals surface area contributed by atoms with Gasteiger partial charge in [0.1, 0.15) is 12.7 Å². The molecule has 3 heterocycles. The zero-order chi connectivity index (χ0) is 17.8. The van der Waals surface area contributed by atoms with Crippen LogP contribution in [0.2, 0.25) is 0 Å². The van der Waals surface area contributed by atoms with Crippen molar-refractivity contribution in [1.82, 2.24) is 24.5 Å². The molecule has 0 aliphatic carbocycles. The fourth-order valence-electron chi connectivity index (χ4n) is 3.19. The third kappa shape index (κ3) is 3.19. The number of hydrogen-bond acceptors (Lipinski definition) is 6. The molecule has 0 radical (unpaired) electrons. The van der Waals surface area contributed by atoms with E-state index in [0.717, 1.165) is 48.1 Å². The van der Waals surface area contributed by atoms with Crippen LogP contribution >= 0.6 is 0 Å². The number of aromatic nitrogens is 5. The lowest BCUT2D eigenvalue weighted by molar-refractivity contribution is -0.0366. The standard InChI is InChI=1S/C16H19N9O/c17-23-19-5-4-18-14-7-12(24-10-20-21-11-24)8-15-13(14)9-22-25(15)16-3-1-2-6-26-16/h7-11,16,18H,1-6H2. The molecular weight excluding hydrogens is 334 g/mol. The van der Waals surface area contributed by atoms with E-state index in [1.54, 1.807) is 12.7 Å². The maximum Gasteiger partial charge on any atom is 0.150 e. The third-order valence-electron chi connectivity index (χ3n) is 4.44. The van der Waals surface area contributed by atoms with Gasteiger partial charge < -0.3 is 10.1 Å². The average molecular weight is 353 g/mol. The lowest BCUT2D eigenvalue weighted by atomic mass is 10.1. The lowest BCUT2D eigenvalue weighted by Crippen LogP contribution is -2.19. The second-order valence-electron chi connectivity index (χ2n) is 6.09. The minimum absolute atomic E-state index is 0.0477. The molecule has 3 aromatic rings. The molecular formula is C16H19N9O. The van der Waals surface area contributed by atoms with Gasteiger partial charge in [0.2, 0.25) is 0 Å². The van der Waals surface area contributed by atoms with Crippen molar-refractivity contribution < 1.29 is 4.74 Å². The number of ether oxygens (including phenoxy) is 1. The van der Waals surface area contributed by atoms with Crippen LogP contribution in [0.25, 0.3) is 27.0 Å². The SMILES string of the molecule is [N-]=[N+]=NCCNc1cc(-n2cnnc2)cc2c1cnn2C1CCCCO1. The Bertz CT molecular complexity index is 921.